The molecule has 0 N–H and O–H groups in total. The molecule has 0 spiro atoms. The minimum Gasteiger partial charge on any atom is -0.491 e. The lowest BCUT2D eigenvalue weighted by molar-refractivity contribution is -0.0262. The molecule has 0 aliphatic rings. The van der Waals surface area contributed by atoms with Crippen molar-refractivity contribution in [1.82, 2.24) is 0 Å². The molecular formula is C46H60I2O3. The van der Waals surface area contributed by atoms with Gasteiger partial charge in [0.25, 0.3) is 0 Å². The molecule has 4 aromatic rings. The summed E-state index contributed by atoms with van der Waals surface area (Å²) in [6.07, 6.45) is -0.0816. The summed E-state index contributed by atoms with van der Waals surface area (Å²) >= 11 is 4.78. The molecule has 0 saturated heterocycles. The van der Waals surface area contributed by atoms with Crippen molar-refractivity contribution in [2.75, 3.05) is 22.1 Å². The maximum Gasteiger partial charge on any atom is 0.119 e. The molecule has 5 heteroatoms. The minimum atomic E-state index is -0.0408. The van der Waals surface area contributed by atoms with Gasteiger partial charge in [-0.15, -0.1) is 0 Å². The third-order valence-electron chi connectivity index (χ3n) is 9.31. The first-order valence-corrected chi connectivity index (χ1v) is 21.3. The zero-order chi connectivity index (χ0) is 37.8. The molecule has 0 bridgehead atoms. The van der Waals surface area contributed by atoms with E-state index in [0.29, 0.717) is 13.2 Å². The molecule has 51 heavy (non-hydrogen) atoms. The van der Waals surface area contributed by atoms with E-state index in [-0.39, 0.29) is 33.9 Å². The van der Waals surface area contributed by atoms with E-state index >= 15 is 0 Å². The standard InChI is InChI=1S/C46H60I2O3/c1-43(2,3)35-21-33(22-36(25-35)44(4,5)6)31-13-17-39(18-14-31)49-29-41(27-47)51-42(28-48)30-50-40-19-15-32(16-20-40)34-23-37(45(7,8)9)26-38(24-34)46(10,11)12/h13-26,41-42H,27-30H2,1-12H3. The summed E-state index contributed by atoms with van der Waals surface area (Å²) in [5.74, 6) is 1.70. The van der Waals surface area contributed by atoms with Crippen molar-refractivity contribution in [1.29, 1.82) is 0 Å². The Morgan fingerprint density at radius 3 is 0.922 bits per heavy atom. The SMILES string of the molecule is CC(C)(C)c1cc(-c2ccc(OCC(CI)OC(CI)COc3ccc(-c4cc(C(C)(C)C)cc(C(C)(C)C)c4)cc3)cc2)cc(C(C)(C)C)c1. The highest BCUT2D eigenvalue weighted by Gasteiger charge is 2.23. The quantitative estimate of drug-likeness (QED) is 0.105. The summed E-state index contributed by atoms with van der Waals surface area (Å²) in [4.78, 5) is 0. The van der Waals surface area contributed by atoms with Crippen LogP contribution >= 0.6 is 45.2 Å². The van der Waals surface area contributed by atoms with Crippen LogP contribution in [0.4, 0.5) is 0 Å². The predicted octanol–water partition coefficient (Wildman–Crippen LogP) is 13.3. The highest BCUT2D eigenvalue weighted by Crippen LogP contribution is 2.36. The number of benzene rings is 4. The topological polar surface area (TPSA) is 27.7 Å². The van der Waals surface area contributed by atoms with Crippen molar-refractivity contribution < 1.29 is 14.2 Å². The molecule has 3 nitrogen and oxygen atoms in total. The molecule has 4 rings (SSSR count). The van der Waals surface area contributed by atoms with Crippen LogP contribution in [0.2, 0.25) is 0 Å². The average molecular weight is 915 g/mol. The Hall–Kier alpha value is -2.10. The van der Waals surface area contributed by atoms with E-state index in [4.69, 9.17) is 14.2 Å². The van der Waals surface area contributed by atoms with Gasteiger partial charge in [-0.05, 0) is 90.4 Å². The molecule has 0 aliphatic heterocycles. The van der Waals surface area contributed by atoms with Crippen molar-refractivity contribution in [3.63, 3.8) is 0 Å². The Bertz CT molecular complexity index is 1520. The summed E-state index contributed by atoms with van der Waals surface area (Å²) in [5, 5.41) is 0. The maximum atomic E-state index is 6.49. The second kappa shape index (κ2) is 16.9. The smallest absolute Gasteiger partial charge is 0.119 e. The third kappa shape index (κ3) is 11.9. The van der Waals surface area contributed by atoms with E-state index in [0.717, 1.165) is 20.4 Å². The number of hydrogen-bond donors (Lipinski definition) is 0. The molecular weight excluding hydrogens is 854 g/mol. The van der Waals surface area contributed by atoms with Gasteiger partial charge in [-0.3, -0.25) is 0 Å². The van der Waals surface area contributed by atoms with Crippen LogP contribution in [0.15, 0.2) is 84.9 Å². The number of alkyl halides is 2. The van der Waals surface area contributed by atoms with Gasteiger partial charge < -0.3 is 14.2 Å². The molecule has 0 radical (unpaired) electrons. The average Bonchev–Trinajstić information content (AvgIpc) is 3.06. The number of rotatable bonds is 12. The van der Waals surface area contributed by atoms with Crippen molar-refractivity contribution >= 4 is 45.2 Å². The van der Waals surface area contributed by atoms with Crippen molar-refractivity contribution in [3.8, 4) is 33.8 Å². The van der Waals surface area contributed by atoms with Crippen molar-refractivity contribution in [2.45, 2.75) is 117 Å². The second-order valence-corrected chi connectivity index (χ2v) is 19.7. The molecule has 0 aromatic heterocycles. The van der Waals surface area contributed by atoms with Crippen LogP contribution in [0, 0.1) is 0 Å². The Labute approximate surface area is 336 Å². The van der Waals surface area contributed by atoms with E-state index < -0.39 is 0 Å². The van der Waals surface area contributed by atoms with Gasteiger partial charge in [0.15, 0.2) is 0 Å². The summed E-state index contributed by atoms with van der Waals surface area (Å²) < 4.78 is 20.7. The van der Waals surface area contributed by atoms with E-state index in [9.17, 15) is 0 Å². The Kier molecular flexibility index (Phi) is 13.8. The summed E-state index contributed by atoms with van der Waals surface area (Å²) in [5.41, 5.74) is 10.6. The van der Waals surface area contributed by atoms with Crippen molar-refractivity contribution in [2.24, 2.45) is 0 Å². The van der Waals surface area contributed by atoms with E-state index in [1.54, 1.807) is 0 Å². The van der Waals surface area contributed by atoms with Gasteiger partial charge in [-0.25, -0.2) is 0 Å². The monoisotopic (exact) mass is 914 g/mol. The van der Waals surface area contributed by atoms with E-state index in [1.165, 1.54) is 44.5 Å². The van der Waals surface area contributed by atoms with Crippen LogP contribution in [0.3, 0.4) is 0 Å². The van der Waals surface area contributed by atoms with Crippen LogP contribution in [-0.4, -0.2) is 34.3 Å². The van der Waals surface area contributed by atoms with Crippen LogP contribution in [0.5, 0.6) is 11.5 Å². The summed E-state index contributed by atoms with van der Waals surface area (Å²) in [6, 6.07) is 31.0. The highest BCUT2D eigenvalue weighted by molar-refractivity contribution is 14.1. The zero-order valence-corrected chi connectivity index (χ0v) is 37.4. The molecule has 4 aromatic carbocycles. The lowest BCUT2D eigenvalue weighted by Crippen LogP contribution is -2.33. The normalized spacial score (nSPS) is 13.9. The molecule has 0 aliphatic carbocycles. The largest absolute Gasteiger partial charge is 0.491 e. The first-order chi connectivity index (χ1) is 23.7. The molecule has 0 saturated carbocycles. The maximum absolute atomic E-state index is 6.49. The lowest BCUT2D eigenvalue weighted by Gasteiger charge is -2.26. The fraction of sp³-hybridized carbons (Fsp3) is 0.478. The summed E-state index contributed by atoms with van der Waals surface area (Å²) in [6.45, 7) is 28.3. The number of ether oxygens (including phenoxy) is 3. The molecule has 276 valence electrons. The second-order valence-electron chi connectivity index (χ2n) is 18.0. The van der Waals surface area contributed by atoms with Gasteiger partial charge in [0, 0.05) is 8.86 Å². The molecule has 0 heterocycles. The van der Waals surface area contributed by atoms with Crippen LogP contribution in [0.25, 0.3) is 22.3 Å². The molecule has 0 fully saturated rings. The predicted molar refractivity (Wildman–Crippen MR) is 236 cm³/mol. The fourth-order valence-electron chi connectivity index (χ4n) is 5.70. The number of hydrogen-bond acceptors (Lipinski definition) is 3. The Morgan fingerprint density at radius 1 is 0.412 bits per heavy atom. The number of halogens is 2. The Morgan fingerprint density at radius 2 is 0.686 bits per heavy atom. The highest BCUT2D eigenvalue weighted by atomic mass is 127. The van der Waals surface area contributed by atoms with Crippen LogP contribution in [0.1, 0.15) is 105 Å². The van der Waals surface area contributed by atoms with Crippen molar-refractivity contribution in [3.05, 3.63) is 107 Å². The first-order valence-electron chi connectivity index (χ1n) is 18.2. The zero-order valence-electron chi connectivity index (χ0n) is 33.0. The van der Waals surface area contributed by atoms with E-state index in [1.807, 2.05) is 0 Å². The molecule has 0 amide bonds. The molecule has 2 unspecified atom stereocenters. The Balaban J connectivity index is 1.36. The van der Waals surface area contributed by atoms with Crippen LogP contribution < -0.4 is 9.47 Å². The first kappa shape index (κ1) is 41.7. The third-order valence-corrected chi connectivity index (χ3v) is 11.3. The van der Waals surface area contributed by atoms with Gasteiger partial charge in [-0.1, -0.05) is 189 Å². The van der Waals surface area contributed by atoms with Gasteiger partial charge in [-0.2, -0.15) is 0 Å². The minimum absolute atomic E-state index is 0.0408. The van der Waals surface area contributed by atoms with Gasteiger partial charge in [0.05, 0.1) is 0 Å². The van der Waals surface area contributed by atoms with Gasteiger partial charge in [0.2, 0.25) is 0 Å². The lowest BCUT2D eigenvalue weighted by atomic mass is 9.79. The van der Waals surface area contributed by atoms with Gasteiger partial charge in [0.1, 0.15) is 36.9 Å². The van der Waals surface area contributed by atoms with Gasteiger partial charge >= 0.3 is 0 Å². The molecule has 2 atom stereocenters. The van der Waals surface area contributed by atoms with Crippen LogP contribution in [-0.2, 0) is 26.4 Å². The fourth-order valence-corrected chi connectivity index (χ4v) is 6.62. The summed E-state index contributed by atoms with van der Waals surface area (Å²) in [7, 11) is 0. The van der Waals surface area contributed by atoms with E-state index in [2.05, 4.69) is 213 Å².